The van der Waals surface area contributed by atoms with E-state index in [0.717, 1.165) is 0 Å². The number of methoxy groups -OCH3 is 2. The zero-order valence-electron chi connectivity index (χ0n) is 19.2. The van der Waals surface area contributed by atoms with Gasteiger partial charge in [0.05, 0.1) is 37.6 Å². The maximum Gasteiger partial charge on any atom is 0.345 e. The largest absolute Gasteiger partial charge is 0.493 e. The number of benzene rings is 3. The number of halogens is 2. The van der Waals surface area contributed by atoms with Crippen molar-refractivity contribution in [2.45, 2.75) is 0 Å². The molecular formula is C25H21Cl2N3O6. The van der Waals surface area contributed by atoms with Crippen LogP contribution < -0.4 is 25.0 Å². The van der Waals surface area contributed by atoms with Gasteiger partial charge in [-0.3, -0.25) is 9.59 Å². The van der Waals surface area contributed by atoms with Crippen LogP contribution in [0.5, 0.6) is 17.2 Å². The van der Waals surface area contributed by atoms with Gasteiger partial charge in [0, 0.05) is 10.6 Å². The van der Waals surface area contributed by atoms with E-state index < -0.39 is 17.8 Å². The van der Waals surface area contributed by atoms with Crippen LogP contribution in [0.2, 0.25) is 10.0 Å². The number of hydrazone groups is 1. The molecule has 186 valence electrons. The smallest absolute Gasteiger partial charge is 0.345 e. The van der Waals surface area contributed by atoms with Crippen LogP contribution in [0, 0.1) is 0 Å². The van der Waals surface area contributed by atoms with Crippen LogP contribution in [0.15, 0.2) is 65.8 Å². The number of rotatable bonds is 9. The van der Waals surface area contributed by atoms with Crippen molar-refractivity contribution in [3.63, 3.8) is 0 Å². The van der Waals surface area contributed by atoms with Crippen LogP contribution >= 0.6 is 23.2 Å². The van der Waals surface area contributed by atoms with Gasteiger partial charge < -0.3 is 19.5 Å². The summed E-state index contributed by atoms with van der Waals surface area (Å²) < 4.78 is 15.6. The maximum atomic E-state index is 12.3. The molecule has 2 N–H and O–H groups in total. The zero-order valence-corrected chi connectivity index (χ0v) is 20.7. The number of hydrogen-bond acceptors (Lipinski definition) is 7. The zero-order chi connectivity index (χ0) is 26.1. The Morgan fingerprint density at radius 1 is 0.917 bits per heavy atom. The van der Waals surface area contributed by atoms with E-state index >= 15 is 0 Å². The molecular weight excluding hydrogens is 509 g/mol. The van der Waals surface area contributed by atoms with Gasteiger partial charge in [-0.25, -0.2) is 10.2 Å². The molecule has 0 aliphatic rings. The Balaban J connectivity index is 1.47. The van der Waals surface area contributed by atoms with Gasteiger partial charge in [-0.1, -0.05) is 23.2 Å². The average Bonchev–Trinajstić information content (AvgIpc) is 2.87. The molecule has 3 aromatic rings. The minimum Gasteiger partial charge on any atom is -0.493 e. The quantitative estimate of drug-likeness (QED) is 0.186. The number of ether oxygens (including phenoxy) is 3. The molecule has 0 atom stereocenters. The van der Waals surface area contributed by atoms with Crippen molar-refractivity contribution in [2.75, 3.05) is 20.8 Å². The summed E-state index contributed by atoms with van der Waals surface area (Å²) in [5.41, 5.74) is 3.45. The second-order valence-corrected chi connectivity index (χ2v) is 7.97. The summed E-state index contributed by atoms with van der Waals surface area (Å²) in [4.78, 5) is 36.5. The minimum absolute atomic E-state index is 0.187. The highest BCUT2D eigenvalue weighted by Gasteiger charge is 2.14. The third-order valence-corrected chi connectivity index (χ3v) is 5.25. The lowest BCUT2D eigenvalue weighted by molar-refractivity contribution is -0.120. The Morgan fingerprint density at radius 2 is 1.64 bits per heavy atom. The summed E-state index contributed by atoms with van der Waals surface area (Å²) in [6.45, 7) is -0.285. The fraction of sp³-hybridized carbons (Fsp3) is 0.120. The van der Waals surface area contributed by atoms with Crippen molar-refractivity contribution < 1.29 is 28.6 Å². The molecule has 0 unspecified atom stereocenters. The number of nitrogens with zero attached hydrogens (tertiary/aromatic N) is 1. The Morgan fingerprint density at radius 3 is 2.31 bits per heavy atom. The number of carbonyl (C=O) groups excluding carboxylic acids is 3. The van der Waals surface area contributed by atoms with Crippen molar-refractivity contribution in [1.82, 2.24) is 10.7 Å². The standard InChI is InChI=1S/C25H21Cl2N3O6/c1-34-21-10-5-16(11-22(21)35-2)24(32)28-14-23(31)30-29-13-15-3-7-18(8-4-15)36-25(33)19-9-6-17(26)12-20(19)27/h3-13H,14H2,1-2H3,(H,28,32)(H,30,31)/b29-13-. The second kappa shape index (κ2) is 12.6. The molecule has 3 aromatic carbocycles. The normalized spacial score (nSPS) is 10.6. The van der Waals surface area contributed by atoms with Gasteiger partial charge in [0.2, 0.25) is 0 Å². The van der Waals surface area contributed by atoms with Crippen LogP contribution in [0.4, 0.5) is 0 Å². The van der Waals surface area contributed by atoms with E-state index in [1.807, 2.05) is 0 Å². The lowest BCUT2D eigenvalue weighted by atomic mass is 10.2. The van der Waals surface area contributed by atoms with Gasteiger partial charge in [-0.2, -0.15) is 5.10 Å². The molecule has 11 heteroatoms. The molecule has 0 saturated heterocycles. The Labute approximate surface area is 216 Å². The molecule has 3 rings (SSSR count). The minimum atomic E-state index is -0.625. The fourth-order valence-corrected chi connectivity index (χ4v) is 3.38. The number of esters is 1. The molecule has 36 heavy (non-hydrogen) atoms. The molecule has 0 saturated carbocycles. The van der Waals surface area contributed by atoms with Crippen LogP contribution in [0.25, 0.3) is 0 Å². The van der Waals surface area contributed by atoms with Gasteiger partial charge in [0.15, 0.2) is 11.5 Å². The first kappa shape index (κ1) is 26.5. The van der Waals surface area contributed by atoms with E-state index in [0.29, 0.717) is 33.4 Å². The molecule has 0 heterocycles. The number of amides is 2. The van der Waals surface area contributed by atoms with Crippen LogP contribution in [-0.4, -0.2) is 44.8 Å². The fourth-order valence-electron chi connectivity index (χ4n) is 2.90. The summed E-state index contributed by atoms with van der Waals surface area (Å²) in [5, 5.41) is 6.94. The number of carbonyl (C=O) groups is 3. The van der Waals surface area contributed by atoms with Gasteiger partial charge in [-0.05, 0) is 66.2 Å². The molecule has 2 amide bonds. The molecule has 0 aliphatic heterocycles. The van der Waals surface area contributed by atoms with Crippen molar-refractivity contribution in [1.29, 1.82) is 0 Å². The highest BCUT2D eigenvalue weighted by atomic mass is 35.5. The first-order chi connectivity index (χ1) is 17.3. The third kappa shape index (κ3) is 7.21. The highest BCUT2D eigenvalue weighted by molar-refractivity contribution is 6.36. The predicted molar refractivity (Wildman–Crippen MR) is 135 cm³/mol. The lowest BCUT2D eigenvalue weighted by Gasteiger charge is -2.09. The Kier molecular flexibility index (Phi) is 9.26. The van der Waals surface area contributed by atoms with Crippen molar-refractivity contribution in [3.05, 3.63) is 87.4 Å². The lowest BCUT2D eigenvalue weighted by Crippen LogP contribution is -2.34. The monoisotopic (exact) mass is 529 g/mol. The van der Waals surface area contributed by atoms with Crippen molar-refractivity contribution >= 4 is 47.2 Å². The topological polar surface area (TPSA) is 115 Å². The third-order valence-electron chi connectivity index (χ3n) is 4.70. The van der Waals surface area contributed by atoms with Gasteiger partial charge >= 0.3 is 5.97 Å². The molecule has 0 bridgehead atoms. The maximum absolute atomic E-state index is 12.3. The molecule has 0 radical (unpaired) electrons. The summed E-state index contributed by atoms with van der Waals surface area (Å²) in [6, 6.07) is 15.5. The summed E-state index contributed by atoms with van der Waals surface area (Å²) in [6.07, 6.45) is 1.40. The number of nitrogens with one attached hydrogen (secondary N) is 2. The molecule has 0 aromatic heterocycles. The molecule has 9 nitrogen and oxygen atoms in total. The second-order valence-electron chi connectivity index (χ2n) is 7.13. The summed E-state index contributed by atoms with van der Waals surface area (Å²) in [5.74, 6) is -0.428. The molecule has 0 fully saturated rings. The first-order valence-electron chi connectivity index (χ1n) is 10.4. The molecule has 0 aliphatic carbocycles. The Hall–Kier alpha value is -4.08. The predicted octanol–water partition coefficient (Wildman–Crippen LogP) is 4.11. The van der Waals surface area contributed by atoms with E-state index in [1.165, 1.54) is 38.6 Å². The van der Waals surface area contributed by atoms with Crippen LogP contribution in [-0.2, 0) is 4.79 Å². The van der Waals surface area contributed by atoms with Crippen LogP contribution in [0.3, 0.4) is 0 Å². The van der Waals surface area contributed by atoms with Crippen molar-refractivity contribution in [2.24, 2.45) is 5.10 Å². The van der Waals surface area contributed by atoms with E-state index in [-0.39, 0.29) is 17.1 Å². The van der Waals surface area contributed by atoms with Gasteiger partial charge in [0.1, 0.15) is 5.75 Å². The van der Waals surface area contributed by atoms with Crippen molar-refractivity contribution in [3.8, 4) is 17.2 Å². The Bertz CT molecular complexity index is 1300. The van der Waals surface area contributed by atoms with E-state index in [4.69, 9.17) is 37.4 Å². The number of hydrogen-bond donors (Lipinski definition) is 2. The van der Waals surface area contributed by atoms with Gasteiger partial charge in [0.25, 0.3) is 11.8 Å². The van der Waals surface area contributed by atoms with E-state index in [9.17, 15) is 14.4 Å². The van der Waals surface area contributed by atoms with E-state index in [1.54, 1.807) is 42.5 Å². The first-order valence-corrected chi connectivity index (χ1v) is 11.2. The average molecular weight is 530 g/mol. The summed E-state index contributed by atoms with van der Waals surface area (Å²) in [7, 11) is 2.95. The molecule has 0 spiro atoms. The van der Waals surface area contributed by atoms with E-state index in [2.05, 4.69) is 15.8 Å². The highest BCUT2D eigenvalue weighted by Crippen LogP contribution is 2.27. The SMILES string of the molecule is COc1ccc(C(=O)NCC(=O)N/N=C\c2ccc(OC(=O)c3ccc(Cl)cc3Cl)cc2)cc1OC. The summed E-state index contributed by atoms with van der Waals surface area (Å²) >= 11 is 11.9. The van der Waals surface area contributed by atoms with Gasteiger partial charge in [-0.15, -0.1) is 0 Å². The van der Waals surface area contributed by atoms with Crippen LogP contribution in [0.1, 0.15) is 26.3 Å².